The van der Waals surface area contributed by atoms with Crippen LogP contribution in [0.15, 0.2) is 11.6 Å². The average molecular weight is 463 g/mol. The number of nitrogens with two attached hydrogens (primary N) is 1. The van der Waals surface area contributed by atoms with Crippen LogP contribution in [0.3, 0.4) is 0 Å². The average Bonchev–Trinajstić information content (AvgIpc) is 3.02. The van der Waals surface area contributed by atoms with Crippen molar-refractivity contribution in [3.05, 3.63) is 11.6 Å². The molecule has 0 aromatic heterocycles. The van der Waals surface area contributed by atoms with Crippen LogP contribution in [0.5, 0.6) is 0 Å². The zero-order chi connectivity index (χ0) is 23.9. The summed E-state index contributed by atoms with van der Waals surface area (Å²) in [4.78, 5) is 5.44. The maximum Gasteiger partial charge on any atom is 0.185 e. The lowest BCUT2D eigenvalue weighted by atomic mass is 9.43. The van der Waals surface area contributed by atoms with Gasteiger partial charge in [-0.3, -0.25) is 10.2 Å². The molecule has 0 aromatic carbocycles. The van der Waals surface area contributed by atoms with Crippen LogP contribution in [-0.2, 0) is 4.84 Å². The lowest BCUT2D eigenvalue weighted by Crippen LogP contribution is -2.62. The molecule has 0 aromatic rings. The van der Waals surface area contributed by atoms with Gasteiger partial charge in [-0.2, -0.15) is 5.48 Å². The molecule has 4 fully saturated rings. The molecule has 7 nitrogen and oxygen atoms in total. The SMILES string of the molecule is C/C(=C\[C@H]1CC[C@]2(O)[C@@H]3CC[C@@H]4C[C@@H](O)CC[C@]4(C)[C@H]3CC[C@]12C)CNOCCNC(=N)N. The first-order valence-corrected chi connectivity index (χ1v) is 13.1. The number of hydroxylamine groups is 1. The van der Waals surface area contributed by atoms with Crippen LogP contribution in [-0.4, -0.2) is 47.6 Å². The number of nitrogens with one attached hydrogen (secondary N) is 3. The van der Waals surface area contributed by atoms with Crippen molar-refractivity contribution in [3.8, 4) is 0 Å². The lowest BCUT2D eigenvalue weighted by Gasteiger charge is -2.63. The van der Waals surface area contributed by atoms with E-state index in [9.17, 15) is 10.2 Å². The predicted octanol–water partition coefficient (Wildman–Crippen LogP) is 3.07. The first-order chi connectivity index (χ1) is 15.6. The van der Waals surface area contributed by atoms with Gasteiger partial charge in [-0.1, -0.05) is 25.5 Å². The molecular formula is C26H46N4O3. The number of hydrogen-bond acceptors (Lipinski definition) is 5. The summed E-state index contributed by atoms with van der Waals surface area (Å²) in [6, 6.07) is 0. The largest absolute Gasteiger partial charge is 0.393 e. The first-order valence-electron chi connectivity index (χ1n) is 13.1. The number of aliphatic hydroxyl groups is 2. The number of rotatable bonds is 7. The molecule has 0 heterocycles. The van der Waals surface area contributed by atoms with Crippen LogP contribution in [0.4, 0.5) is 0 Å². The topological polar surface area (TPSA) is 124 Å². The van der Waals surface area contributed by atoms with E-state index < -0.39 is 5.60 Å². The van der Waals surface area contributed by atoms with E-state index in [1.807, 2.05) is 0 Å². The fourth-order valence-corrected chi connectivity index (χ4v) is 8.39. The number of aliphatic hydroxyl groups excluding tert-OH is 1. The highest BCUT2D eigenvalue weighted by Gasteiger charge is 2.66. The van der Waals surface area contributed by atoms with Crippen LogP contribution in [0.25, 0.3) is 0 Å². The zero-order valence-electron chi connectivity index (χ0n) is 20.8. The summed E-state index contributed by atoms with van der Waals surface area (Å²) in [6.45, 7) is 8.55. The normalized spacial score (nSPS) is 45.1. The third kappa shape index (κ3) is 4.46. The molecule has 0 bridgehead atoms. The van der Waals surface area contributed by atoms with E-state index >= 15 is 0 Å². The summed E-state index contributed by atoms with van der Waals surface area (Å²) in [6.07, 6.45) is 11.8. The van der Waals surface area contributed by atoms with Gasteiger partial charge < -0.3 is 21.3 Å². The summed E-state index contributed by atoms with van der Waals surface area (Å²) in [5.74, 6) is 1.94. The van der Waals surface area contributed by atoms with Gasteiger partial charge in [0.2, 0.25) is 0 Å². The van der Waals surface area contributed by atoms with Crippen LogP contribution >= 0.6 is 0 Å². The maximum atomic E-state index is 12.3. The summed E-state index contributed by atoms with van der Waals surface area (Å²) in [5, 5.41) is 32.4. The molecule has 0 saturated heterocycles. The third-order valence-corrected chi connectivity index (χ3v) is 10.4. The molecule has 7 N–H and O–H groups in total. The fourth-order valence-electron chi connectivity index (χ4n) is 8.39. The second-order valence-corrected chi connectivity index (χ2v) is 12.0. The van der Waals surface area contributed by atoms with Crippen molar-refractivity contribution in [2.45, 2.75) is 90.3 Å². The summed E-state index contributed by atoms with van der Waals surface area (Å²) in [7, 11) is 0. The van der Waals surface area contributed by atoms with Crippen LogP contribution in [0.1, 0.15) is 78.6 Å². The van der Waals surface area contributed by atoms with Crippen molar-refractivity contribution in [1.82, 2.24) is 10.8 Å². The van der Waals surface area contributed by atoms with Gasteiger partial charge in [-0.25, -0.2) is 0 Å². The van der Waals surface area contributed by atoms with E-state index in [1.165, 1.54) is 12.0 Å². The number of hydrogen-bond donors (Lipinski definition) is 6. The lowest BCUT2D eigenvalue weighted by molar-refractivity contribution is -0.207. The van der Waals surface area contributed by atoms with Gasteiger partial charge in [0.05, 0.1) is 18.3 Å². The van der Waals surface area contributed by atoms with E-state index in [-0.39, 0.29) is 22.9 Å². The highest BCUT2D eigenvalue weighted by atomic mass is 16.6. The summed E-state index contributed by atoms with van der Waals surface area (Å²) >= 11 is 0. The van der Waals surface area contributed by atoms with Gasteiger partial charge in [-0.15, -0.1) is 0 Å². The highest BCUT2D eigenvalue weighted by Crippen LogP contribution is 2.69. The monoisotopic (exact) mass is 462 g/mol. The zero-order valence-corrected chi connectivity index (χ0v) is 20.8. The van der Waals surface area contributed by atoms with Crippen molar-refractivity contribution in [2.24, 2.45) is 40.2 Å². The molecule has 0 radical (unpaired) electrons. The summed E-state index contributed by atoms with van der Waals surface area (Å²) < 4.78 is 0. The molecule has 4 aliphatic carbocycles. The number of allylic oxidation sites excluding steroid dienone is 1. The molecule has 0 unspecified atom stereocenters. The Morgan fingerprint density at radius 2 is 1.91 bits per heavy atom. The Balaban J connectivity index is 1.40. The third-order valence-electron chi connectivity index (χ3n) is 10.4. The minimum absolute atomic E-state index is 0.0464. The van der Waals surface area contributed by atoms with Crippen molar-refractivity contribution < 1.29 is 15.1 Å². The van der Waals surface area contributed by atoms with Crippen molar-refractivity contribution in [3.63, 3.8) is 0 Å². The molecule has 188 valence electrons. The molecule has 33 heavy (non-hydrogen) atoms. The fraction of sp³-hybridized carbons (Fsp3) is 0.885. The Hall–Kier alpha value is -1.15. The Labute approximate surface area is 199 Å². The Bertz CT molecular complexity index is 760. The quantitative estimate of drug-likeness (QED) is 0.114. The van der Waals surface area contributed by atoms with Crippen molar-refractivity contribution in [2.75, 3.05) is 19.7 Å². The van der Waals surface area contributed by atoms with Crippen LogP contribution in [0.2, 0.25) is 0 Å². The van der Waals surface area contributed by atoms with Gasteiger partial charge in [0, 0.05) is 18.5 Å². The minimum Gasteiger partial charge on any atom is -0.393 e. The molecule has 0 aliphatic heterocycles. The van der Waals surface area contributed by atoms with Gasteiger partial charge >= 0.3 is 0 Å². The number of fused-ring (bicyclic) bond motifs is 5. The molecule has 8 atom stereocenters. The molecule has 7 heteroatoms. The molecule has 4 aliphatic rings. The van der Waals surface area contributed by atoms with Crippen LogP contribution in [0, 0.1) is 39.9 Å². The van der Waals surface area contributed by atoms with E-state index in [4.69, 9.17) is 16.0 Å². The van der Waals surface area contributed by atoms with E-state index in [1.54, 1.807) is 0 Å². The molecular weight excluding hydrogens is 416 g/mol. The van der Waals surface area contributed by atoms with Gasteiger partial charge in [0.15, 0.2) is 5.96 Å². The Morgan fingerprint density at radius 1 is 1.12 bits per heavy atom. The molecule has 4 rings (SSSR count). The van der Waals surface area contributed by atoms with Crippen molar-refractivity contribution in [1.29, 1.82) is 5.41 Å². The van der Waals surface area contributed by atoms with Gasteiger partial charge in [-0.05, 0) is 93.8 Å². The molecule has 0 amide bonds. The van der Waals surface area contributed by atoms with E-state index in [0.29, 0.717) is 43.4 Å². The standard InChI is InChI=1S/C26H46N4O3/c1-17(16-30-33-13-12-29-23(27)28)14-19-6-11-26(32)22-5-4-18-15-20(31)7-9-24(18,2)21(22)8-10-25(19,26)3/h14,18-22,30-32H,4-13,15-16H2,1-3H3,(H4,27,28,29)/b17-14+/t18-,19-,20+,21+,22-,24+,25-,26+/m1/s1. The van der Waals surface area contributed by atoms with Crippen molar-refractivity contribution >= 4 is 5.96 Å². The van der Waals surface area contributed by atoms with Gasteiger partial charge in [0.1, 0.15) is 0 Å². The Kier molecular flexibility index (Phi) is 7.17. The maximum absolute atomic E-state index is 12.3. The summed E-state index contributed by atoms with van der Waals surface area (Å²) in [5.41, 5.74) is 9.14. The number of guanidine groups is 1. The highest BCUT2D eigenvalue weighted by molar-refractivity contribution is 5.74. The second kappa shape index (κ2) is 9.48. The van der Waals surface area contributed by atoms with E-state index in [2.05, 4.69) is 37.6 Å². The smallest absolute Gasteiger partial charge is 0.185 e. The minimum atomic E-state index is -0.580. The first kappa shape index (κ1) is 25.0. The molecule has 4 saturated carbocycles. The molecule has 0 spiro atoms. The van der Waals surface area contributed by atoms with E-state index in [0.717, 1.165) is 51.4 Å². The van der Waals surface area contributed by atoms with Crippen LogP contribution < -0.4 is 16.5 Å². The second-order valence-electron chi connectivity index (χ2n) is 12.0. The Morgan fingerprint density at radius 3 is 2.67 bits per heavy atom. The predicted molar refractivity (Wildman–Crippen MR) is 130 cm³/mol. The van der Waals surface area contributed by atoms with Gasteiger partial charge in [0.25, 0.3) is 0 Å².